The van der Waals surface area contributed by atoms with E-state index in [-0.39, 0.29) is 0 Å². The Bertz CT molecular complexity index is 604. The van der Waals surface area contributed by atoms with Gasteiger partial charge in [-0.25, -0.2) is 19.2 Å². The topological polar surface area (TPSA) is 139 Å². The first-order chi connectivity index (χ1) is 11.3. The van der Waals surface area contributed by atoms with Crippen LogP contribution in [0.25, 0.3) is 0 Å². The van der Waals surface area contributed by atoms with Crippen LogP contribution in [0.1, 0.15) is 0 Å². The number of Topliss-reactive ketones (excluding diaryl/α,β-unsaturated/α-hetero) is 2. The van der Waals surface area contributed by atoms with E-state index in [1.165, 1.54) is 0 Å². The van der Waals surface area contributed by atoms with Crippen molar-refractivity contribution in [3.63, 3.8) is 0 Å². The summed E-state index contributed by atoms with van der Waals surface area (Å²) >= 11 is 0. The SMILES string of the molecule is COC(=O)C1=C(C(=O)OC)C(=O)C(C(=O)OC)=C(C(=O)OC)C1=O. The van der Waals surface area contributed by atoms with Gasteiger partial charge in [0.15, 0.2) is 0 Å². The Labute approximate surface area is 135 Å². The molecule has 0 radical (unpaired) electrons. The molecule has 0 N–H and O–H groups in total. The van der Waals surface area contributed by atoms with E-state index >= 15 is 0 Å². The summed E-state index contributed by atoms with van der Waals surface area (Å²) in [5.74, 6) is -8.24. The second kappa shape index (κ2) is 7.31. The van der Waals surface area contributed by atoms with E-state index in [1.54, 1.807) is 0 Å². The lowest BCUT2D eigenvalue weighted by atomic mass is 9.83. The highest BCUT2D eigenvalue weighted by molar-refractivity contribution is 6.49. The van der Waals surface area contributed by atoms with Crippen molar-refractivity contribution in [2.45, 2.75) is 0 Å². The molecule has 0 saturated carbocycles. The number of hydrogen-bond acceptors (Lipinski definition) is 10. The van der Waals surface area contributed by atoms with Gasteiger partial charge in [-0.3, -0.25) is 9.59 Å². The summed E-state index contributed by atoms with van der Waals surface area (Å²) in [4.78, 5) is 72.1. The van der Waals surface area contributed by atoms with E-state index in [1.807, 2.05) is 0 Å². The van der Waals surface area contributed by atoms with Crippen LogP contribution in [0.3, 0.4) is 0 Å². The van der Waals surface area contributed by atoms with Gasteiger partial charge in [0, 0.05) is 0 Å². The summed E-state index contributed by atoms with van der Waals surface area (Å²) in [7, 11) is 3.55. The molecule has 128 valence electrons. The number of carbonyl (C=O) groups is 6. The van der Waals surface area contributed by atoms with E-state index in [4.69, 9.17) is 0 Å². The van der Waals surface area contributed by atoms with Crippen molar-refractivity contribution in [1.29, 1.82) is 0 Å². The summed E-state index contributed by atoms with van der Waals surface area (Å²) in [5, 5.41) is 0. The van der Waals surface area contributed by atoms with Crippen LogP contribution in [-0.4, -0.2) is 63.9 Å². The quantitative estimate of drug-likeness (QED) is 0.255. The predicted octanol–water partition coefficient (Wildman–Crippen LogP) is -1.58. The second-order valence-electron chi connectivity index (χ2n) is 4.12. The zero-order valence-corrected chi connectivity index (χ0v) is 13.1. The van der Waals surface area contributed by atoms with Crippen LogP contribution in [0.5, 0.6) is 0 Å². The Morgan fingerprint density at radius 2 is 0.667 bits per heavy atom. The van der Waals surface area contributed by atoms with Crippen molar-refractivity contribution >= 4 is 35.4 Å². The molecule has 10 nitrogen and oxygen atoms in total. The predicted molar refractivity (Wildman–Crippen MR) is 72.1 cm³/mol. The van der Waals surface area contributed by atoms with Gasteiger partial charge < -0.3 is 18.9 Å². The molecule has 0 spiro atoms. The number of esters is 4. The van der Waals surface area contributed by atoms with Gasteiger partial charge in [-0.1, -0.05) is 0 Å². The molecule has 10 heteroatoms. The van der Waals surface area contributed by atoms with Gasteiger partial charge in [0.05, 0.1) is 28.4 Å². The lowest BCUT2D eigenvalue weighted by molar-refractivity contribution is -0.145. The smallest absolute Gasteiger partial charge is 0.342 e. The molecular formula is C14H12O10. The van der Waals surface area contributed by atoms with Crippen molar-refractivity contribution in [1.82, 2.24) is 0 Å². The molecule has 0 heterocycles. The maximum Gasteiger partial charge on any atom is 0.342 e. The van der Waals surface area contributed by atoms with Crippen LogP contribution in [0, 0.1) is 0 Å². The number of methoxy groups -OCH3 is 4. The van der Waals surface area contributed by atoms with E-state index in [0.29, 0.717) is 0 Å². The minimum Gasteiger partial charge on any atom is -0.465 e. The Morgan fingerprint density at radius 1 is 0.500 bits per heavy atom. The Kier molecular flexibility index (Phi) is 5.71. The summed E-state index contributed by atoms with van der Waals surface area (Å²) < 4.78 is 17.4. The molecule has 0 aromatic heterocycles. The standard InChI is InChI=1S/C14H12O10/c1-21-11(17)5-6(12(18)22-2)10(16)8(14(20)24-4)7(9(5)15)13(19)23-3/h1-4H3. The van der Waals surface area contributed by atoms with Crippen molar-refractivity contribution < 1.29 is 47.7 Å². The second-order valence-corrected chi connectivity index (χ2v) is 4.12. The average molecular weight is 340 g/mol. The van der Waals surface area contributed by atoms with Crippen LogP contribution in [0.4, 0.5) is 0 Å². The number of ketones is 2. The molecule has 0 fully saturated rings. The first kappa shape index (κ1) is 18.7. The van der Waals surface area contributed by atoms with Gasteiger partial charge in [-0.15, -0.1) is 0 Å². The van der Waals surface area contributed by atoms with Gasteiger partial charge >= 0.3 is 23.9 Å². The molecule has 24 heavy (non-hydrogen) atoms. The number of hydrogen-bond donors (Lipinski definition) is 0. The monoisotopic (exact) mass is 340 g/mol. The average Bonchev–Trinajstić information content (AvgIpc) is 2.59. The molecule has 0 saturated heterocycles. The van der Waals surface area contributed by atoms with Gasteiger partial charge in [-0.2, -0.15) is 0 Å². The van der Waals surface area contributed by atoms with Gasteiger partial charge in [0.1, 0.15) is 22.3 Å². The van der Waals surface area contributed by atoms with Crippen LogP contribution >= 0.6 is 0 Å². The van der Waals surface area contributed by atoms with Crippen LogP contribution < -0.4 is 0 Å². The molecule has 0 amide bonds. The number of carbonyl (C=O) groups excluding carboxylic acids is 6. The minimum atomic E-state index is -1.39. The molecule has 1 rings (SSSR count). The van der Waals surface area contributed by atoms with Crippen molar-refractivity contribution in [2.75, 3.05) is 28.4 Å². The van der Waals surface area contributed by atoms with E-state index in [2.05, 4.69) is 18.9 Å². The first-order valence-corrected chi connectivity index (χ1v) is 6.17. The Hall–Kier alpha value is -3.30. The number of rotatable bonds is 4. The van der Waals surface area contributed by atoms with Gasteiger partial charge in [0.25, 0.3) is 0 Å². The van der Waals surface area contributed by atoms with Crippen LogP contribution in [0.2, 0.25) is 0 Å². The third-order valence-electron chi connectivity index (χ3n) is 2.97. The Morgan fingerprint density at radius 3 is 0.792 bits per heavy atom. The lowest BCUT2D eigenvalue weighted by Crippen LogP contribution is -2.37. The lowest BCUT2D eigenvalue weighted by Gasteiger charge is -2.19. The normalized spacial score (nSPS) is 14.3. The van der Waals surface area contributed by atoms with E-state index < -0.39 is 57.7 Å². The molecule has 0 aromatic carbocycles. The summed E-state index contributed by atoms with van der Waals surface area (Å²) in [6.07, 6.45) is 0. The highest BCUT2D eigenvalue weighted by Gasteiger charge is 2.47. The highest BCUT2D eigenvalue weighted by atomic mass is 16.5. The molecule has 1 aliphatic carbocycles. The fourth-order valence-corrected chi connectivity index (χ4v) is 1.89. The molecule has 0 bridgehead atoms. The molecule has 1 aliphatic rings. The molecular weight excluding hydrogens is 328 g/mol. The van der Waals surface area contributed by atoms with Gasteiger partial charge in [-0.05, 0) is 0 Å². The largest absolute Gasteiger partial charge is 0.465 e. The zero-order valence-electron chi connectivity index (χ0n) is 13.1. The van der Waals surface area contributed by atoms with E-state index in [9.17, 15) is 28.8 Å². The molecule has 0 unspecified atom stereocenters. The fourth-order valence-electron chi connectivity index (χ4n) is 1.89. The highest BCUT2D eigenvalue weighted by Crippen LogP contribution is 2.28. The van der Waals surface area contributed by atoms with Crippen molar-refractivity contribution in [3.8, 4) is 0 Å². The summed E-state index contributed by atoms with van der Waals surface area (Å²) in [6.45, 7) is 0. The maximum atomic E-state index is 12.4. The van der Waals surface area contributed by atoms with Gasteiger partial charge in [0.2, 0.25) is 11.6 Å². The third-order valence-corrected chi connectivity index (χ3v) is 2.97. The van der Waals surface area contributed by atoms with Crippen LogP contribution in [0.15, 0.2) is 22.3 Å². The summed E-state index contributed by atoms with van der Waals surface area (Å²) in [6, 6.07) is 0. The minimum absolute atomic E-state index is 0.888. The summed E-state index contributed by atoms with van der Waals surface area (Å²) in [5.41, 5.74) is -4.16. The molecule has 0 atom stereocenters. The third kappa shape index (κ3) is 2.93. The fraction of sp³-hybridized carbons (Fsp3) is 0.286. The van der Waals surface area contributed by atoms with Crippen LogP contribution in [-0.2, 0) is 47.7 Å². The molecule has 0 aliphatic heterocycles. The Balaban J connectivity index is 3.83. The first-order valence-electron chi connectivity index (χ1n) is 6.17. The molecule has 0 aromatic rings. The number of ether oxygens (including phenoxy) is 4. The van der Waals surface area contributed by atoms with E-state index in [0.717, 1.165) is 28.4 Å². The van der Waals surface area contributed by atoms with Crippen molar-refractivity contribution in [2.24, 2.45) is 0 Å². The zero-order chi connectivity index (χ0) is 18.6. The van der Waals surface area contributed by atoms with Crippen molar-refractivity contribution in [3.05, 3.63) is 22.3 Å². The maximum absolute atomic E-state index is 12.4.